The molecule has 0 aliphatic heterocycles. The number of methoxy groups -OCH3 is 1. The number of alkyl halides is 3. The fraction of sp³-hybridized carbons (Fsp3) is 0.217. The molecular formula is C23H20F3N7O2. The van der Waals surface area contributed by atoms with E-state index < -0.39 is 17.8 Å². The van der Waals surface area contributed by atoms with Crippen LogP contribution in [-0.2, 0) is 17.5 Å². The quantitative estimate of drug-likeness (QED) is 0.440. The average molecular weight is 483 g/mol. The van der Waals surface area contributed by atoms with E-state index in [1.54, 1.807) is 38.5 Å². The number of nitrogens with zero attached hydrogens (tertiary/aromatic N) is 6. The summed E-state index contributed by atoms with van der Waals surface area (Å²) in [5, 5.41) is 7.03. The lowest BCUT2D eigenvalue weighted by Crippen LogP contribution is -2.21. The fourth-order valence-electron chi connectivity index (χ4n) is 3.60. The number of hydrogen-bond acceptors (Lipinski definition) is 7. The third-order valence-electron chi connectivity index (χ3n) is 5.20. The summed E-state index contributed by atoms with van der Waals surface area (Å²) in [5.41, 5.74) is 2.10. The van der Waals surface area contributed by atoms with E-state index in [1.165, 1.54) is 24.1 Å². The minimum atomic E-state index is -4.57. The van der Waals surface area contributed by atoms with E-state index in [0.717, 1.165) is 12.3 Å². The molecule has 4 aromatic rings. The number of ether oxygens (including phenoxy) is 1. The molecule has 0 atom stereocenters. The number of carbonyl (C=O) groups is 1. The number of pyridine rings is 2. The van der Waals surface area contributed by atoms with Gasteiger partial charge in [-0.2, -0.15) is 18.3 Å². The molecule has 0 bridgehead atoms. The maximum Gasteiger partial charge on any atom is 0.433 e. The van der Waals surface area contributed by atoms with E-state index in [2.05, 4.69) is 30.4 Å². The van der Waals surface area contributed by atoms with Crippen LogP contribution in [0.25, 0.3) is 22.4 Å². The molecule has 4 aromatic heterocycles. The Morgan fingerprint density at radius 1 is 1.06 bits per heavy atom. The van der Waals surface area contributed by atoms with E-state index in [-0.39, 0.29) is 12.4 Å². The van der Waals surface area contributed by atoms with Crippen LogP contribution in [0.2, 0.25) is 0 Å². The monoisotopic (exact) mass is 483 g/mol. The van der Waals surface area contributed by atoms with Crippen molar-refractivity contribution in [1.29, 1.82) is 0 Å². The Hall–Kier alpha value is -4.35. The van der Waals surface area contributed by atoms with Crippen molar-refractivity contribution in [2.24, 2.45) is 0 Å². The summed E-state index contributed by atoms with van der Waals surface area (Å²) in [6.07, 6.45) is 2.75. The summed E-state index contributed by atoms with van der Waals surface area (Å²) >= 11 is 0. The molecule has 9 nitrogen and oxygen atoms in total. The Kier molecular flexibility index (Phi) is 6.45. The summed E-state index contributed by atoms with van der Waals surface area (Å²) in [5.74, 6) is 0.0915. The van der Waals surface area contributed by atoms with Crippen LogP contribution in [0.3, 0.4) is 0 Å². The minimum absolute atomic E-state index is 0.180. The molecule has 0 saturated heterocycles. The Labute approximate surface area is 198 Å². The van der Waals surface area contributed by atoms with Gasteiger partial charge >= 0.3 is 6.18 Å². The molecule has 4 heterocycles. The second-order valence-electron chi connectivity index (χ2n) is 7.54. The van der Waals surface area contributed by atoms with E-state index in [1.807, 2.05) is 0 Å². The van der Waals surface area contributed by atoms with Gasteiger partial charge in [-0.1, -0.05) is 0 Å². The zero-order chi connectivity index (χ0) is 25.2. The first kappa shape index (κ1) is 23.8. The van der Waals surface area contributed by atoms with Crippen molar-refractivity contribution in [2.45, 2.75) is 26.6 Å². The minimum Gasteiger partial charge on any atom is -0.493 e. The highest BCUT2D eigenvalue weighted by Gasteiger charge is 2.33. The summed E-state index contributed by atoms with van der Waals surface area (Å²) < 4.78 is 46.1. The number of rotatable bonds is 6. The molecule has 0 aliphatic carbocycles. The molecule has 0 fully saturated rings. The lowest BCUT2D eigenvalue weighted by atomic mass is 10.0. The van der Waals surface area contributed by atoms with Crippen molar-refractivity contribution in [3.05, 3.63) is 66.3 Å². The molecule has 35 heavy (non-hydrogen) atoms. The number of halogens is 3. The molecule has 0 spiro atoms. The first-order valence-corrected chi connectivity index (χ1v) is 10.3. The molecular weight excluding hydrogens is 463 g/mol. The maximum absolute atomic E-state index is 13.1. The topological polar surface area (TPSA) is 108 Å². The summed E-state index contributed by atoms with van der Waals surface area (Å²) in [4.78, 5) is 28.6. The summed E-state index contributed by atoms with van der Waals surface area (Å²) in [6.45, 7) is 3.17. The molecule has 12 heteroatoms. The van der Waals surface area contributed by atoms with Gasteiger partial charge in [-0.15, -0.1) is 0 Å². The molecule has 0 aromatic carbocycles. The van der Waals surface area contributed by atoms with Crippen LogP contribution in [0, 0.1) is 13.8 Å². The van der Waals surface area contributed by atoms with Crippen LogP contribution < -0.4 is 10.1 Å². The van der Waals surface area contributed by atoms with Crippen LogP contribution in [0.1, 0.15) is 17.1 Å². The van der Waals surface area contributed by atoms with E-state index in [9.17, 15) is 18.0 Å². The molecule has 4 rings (SSSR count). The average Bonchev–Trinajstić information content (AvgIpc) is 3.11. The summed E-state index contributed by atoms with van der Waals surface area (Å²) in [6, 6.07) is 4.12. The highest BCUT2D eigenvalue weighted by molar-refractivity contribution is 5.91. The predicted octanol–water partition coefficient (Wildman–Crippen LogP) is 4.08. The smallest absolute Gasteiger partial charge is 0.433 e. The highest BCUT2D eigenvalue weighted by Crippen LogP contribution is 2.33. The fourth-order valence-corrected chi connectivity index (χ4v) is 3.60. The van der Waals surface area contributed by atoms with Crippen molar-refractivity contribution >= 4 is 11.7 Å². The summed E-state index contributed by atoms with van der Waals surface area (Å²) in [7, 11) is 1.45. The molecule has 180 valence electrons. The molecule has 1 N–H and O–H groups in total. The van der Waals surface area contributed by atoms with E-state index in [4.69, 9.17) is 4.74 Å². The Morgan fingerprint density at radius 3 is 2.54 bits per heavy atom. The van der Waals surface area contributed by atoms with Crippen molar-refractivity contribution in [3.8, 4) is 28.1 Å². The third-order valence-corrected chi connectivity index (χ3v) is 5.20. The van der Waals surface area contributed by atoms with Gasteiger partial charge in [-0.3, -0.25) is 24.4 Å². The van der Waals surface area contributed by atoms with Gasteiger partial charge < -0.3 is 10.1 Å². The van der Waals surface area contributed by atoms with E-state index in [0.29, 0.717) is 39.5 Å². The predicted molar refractivity (Wildman–Crippen MR) is 120 cm³/mol. The maximum atomic E-state index is 13.1. The Bertz CT molecular complexity index is 1370. The van der Waals surface area contributed by atoms with Crippen LogP contribution in [0.15, 0.2) is 49.2 Å². The highest BCUT2D eigenvalue weighted by atomic mass is 19.4. The van der Waals surface area contributed by atoms with Gasteiger partial charge in [-0.05, 0) is 37.6 Å². The first-order valence-electron chi connectivity index (χ1n) is 10.3. The number of hydrogen-bond donors (Lipinski definition) is 1. The largest absolute Gasteiger partial charge is 0.493 e. The molecule has 0 unspecified atom stereocenters. The number of aryl methyl sites for hydroxylation is 1. The molecule has 0 aliphatic rings. The number of anilines is 1. The van der Waals surface area contributed by atoms with Crippen molar-refractivity contribution in [1.82, 2.24) is 29.7 Å². The lowest BCUT2D eigenvalue weighted by Gasteiger charge is -2.11. The first-order chi connectivity index (χ1) is 16.7. The molecule has 0 saturated carbocycles. The van der Waals surface area contributed by atoms with Crippen molar-refractivity contribution < 1.29 is 22.7 Å². The van der Waals surface area contributed by atoms with Gasteiger partial charge in [0.15, 0.2) is 11.6 Å². The Morgan fingerprint density at radius 2 is 1.86 bits per heavy atom. The molecule has 1 amide bonds. The van der Waals surface area contributed by atoms with Gasteiger partial charge in [-0.25, -0.2) is 4.98 Å². The lowest BCUT2D eigenvalue weighted by molar-refractivity contribution is -0.141. The second kappa shape index (κ2) is 9.49. The number of amides is 1. The van der Waals surface area contributed by atoms with Gasteiger partial charge in [0.05, 0.1) is 24.7 Å². The van der Waals surface area contributed by atoms with Gasteiger partial charge in [0.1, 0.15) is 12.2 Å². The number of aromatic nitrogens is 6. The van der Waals surface area contributed by atoms with Crippen molar-refractivity contribution in [3.63, 3.8) is 0 Å². The van der Waals surface area contributed by atoms with Crippen LogP contribution >= 0.6 is 0 Å². The zero-order valence-corrected chi connectivity index (χ0v) is 19.0. The normalized spacial score (nSPS) is 11.4. The second-order valence-corrected chi connectivity index (χ2v) is 7.54. The van der Waals surface area contributed by atoms with Crippen LogP contribution in [-0.4, -0.2) is 42.7 Å². The zero-order valence-electron chi connectivity index (χ0n) is 19.0. The van der Waals surface area contributed by atoms with Crippen LogP contribution in [0.4, 0.5) is 19.0 Å². The standard InChI is InChI=1S/C23H20F3N7O2/c1-13-21(15-4-5-29-19(9-15)23(24,25)26)14(2)33(32-13)12-20(34)31-22-18(35-3)8-16(10-30-22)17-11-27-6-7-28-17/h4-11H,12H2,1-3H3,(H,30,31,34). The number of nitrogens with one attached hydrogen (secondary N) is 1. The van der Waals surface area contributed by atoms with Gasteiger partial charge in [0, 0.05) is 41.6 Å². The van der Waals surface area contributed by atoms with Crippen molar-refractivity contribution in [2.75, 3.05) is 12.4 Å². The van der Waals surface area contributed by atoms with Gasteiger partial charge in [0.25, 0.3) is 0 Å². The third kappa shape index (κ3) is 5.10. The van der Waals surface area contributed by atoms with Gasteiger partial charge in [0.2, 0.25) is 5.91 Å². The van der Waals surface area contributed by atoms with Crippen LogP contribution in [0.5, 0.6) is 5.75 Å². The molecule has 0 radical (unpaired) electrons. The number of carbonyl (C=O) groups excluding carboxylic acids is 1. The Balaban J connectivity index is 1.55. The SMILES string of the molecule is COc1cc(-c2cnccn2)cnc1NC(=O)Cn1nc(C)c(-c2ccnc(C(F)(F)F)c2)c1C. The van der Waals surface area contributed by atoms with E-state index >= 15 is 0 Å².